The van der Waals surface area contributed by atoms with E-state index in [1.807, 2.05) is 13.8 Å². The van der Waals surface area contributed by atoms with Crippen LogP contribution in [-0.2, 0) is 4.79 Å². The van der Waals surface area contributed by atoms with Gasteiger partial charge in [0.1, 0.15) is 11.8 Å². The highest BCUT2D eigenvalue weighted by Crippen LogP contribution is 2.32. The zero-order valence-electron chi connectivity index (χ0n) is 12.9. The molecule has 2 aliphatic rings. The first kappa shape index (κ1) is 14.6. The molecule has 1 aliphatic carbocycles. The van der Waals surface area contributed by atoms with Crippen LogP contribution in [0.25, 0.3) is 0 Å². The van der Waals surface area contributed by atoms with Crippen molar-refractivity contribution in [1.29, 1.82) is 0 Å². The Bertz CT molecular complexity index is 499. The number of fused-ring (bicyclic) bond motifs is 1. The largest absolute Gasteiger partial charge is 0.444 e. The highest BCUT2D eigenvalue weighted by molar-refractivity contribution is 5.82. The Labute approximate surface area is 125 Å². The molecule has 2 N–H and O–H groups in total. The van der Waals surface area contributed by atoms with Gasteiger partial charge < -0.3 is 15.1 Å². The number of carbonyl (C=O) groups is 1. The Hall–Kier alpha value is -1.36. The molecule has 1 aliphatic heterocycles. The number of piperidine rings is 1. The summed E-state index contributed by atoms with van der Waals surface area (Å²) in [5, 5.41) is 6.57. The summed E-state index contributed by atoms with van der Waals surface area (Å²) in [5.41, 5.74) is 0. The predicted molar refractivity (Wildman–Crippen MR) is 79.7 cm³/mol. The summed E-state index contributed by atoms with van der Waals surface area (Å²) in [6.45, 7) is 3.77. The summed E-state index contributed by atoms with van der Waals surface area (Å²) in [5.74, 6) is 2.19. The summed E-state index contributed by atoms with van der Waals surface area (Å²) in [6, 6.07) is 0.280. The van der Waals surface area contributed by atoms with E-state index < -0.39 is 0 Å². The first-order chi connectivity index (χ1) is 10.1. The van der Waals surface area contributed by atoms with E-state index in [0.29, 0.717) is 11.9 Å². The van der Waals surface area contributed by atoms with Gasteiger partial charge in [-0.25, -0.2) is 4.98 Å². The van der Waals surface area contributed by atoms with Gasteiger partial charge in [0.05, 0.1) is 12.2 Å². The van der Waals surface area contributed by atoms with E-state index in [-0.39, 0.29) is 18.0 Å². The molecule has 4 unspecified atom stereocenters. The second-order valence-corrected chi connectivity index (χ2v) is 6.49. The lowest BCUT2D eigenvalue weighted by Crippen LogP contribution is -2.55. The van der Waals surface area contributed by atoms with E-state index >= 15 is 0 Å². The summed E-state index contributed by atoms with van der Waals surface area (Å²) in [4.78, 5) is 16.6. The van der Waals surface area contributed by atoms with Gasteiger partial charge in [-0.3, -0.25) is 4.79 Å². The maximum atomic E-state index is 12.4. The van der Waals surface area contributed by atoms with E-state index in [1.165, 1.54) is 32.1 Å². The molecule has 1 saturated carbocycles. The minimum atomic E-state index is -0.183. The van der Waals surface area contributed by atoms with Gasteiger partial charge >= 0.3 is 0 Å². The molecular formula is C16H25N3O2. The number of amides is 1. The van der Waals surface area contributed by atoms with Gasteiger partial charge in [0, 0.05) is 6.04 Å². The second-order valence-electron chi connectivity index (χ2n) is 6.49. The Morgan fingerprint density at radius 2 is 2.19 bits per heavy atom. The van der Waals surface area contributed by atoms with Gasteiger partial charge in [0.2, 0.25) is 11.8 Å². The maximum Gasteiger partial charge on any atom is 0.237 e. The molecule has 21 heavy (non-hydrogen) atoms. The van der Waals surface area contributed by atoms with Crippen LogP contribution in [-0.4, -0.2) is 23.0 Å². The van der Waals surface area contributed by atoms with E-state index in [9.17, 15) is 4.79 Å². The van der Waals surface area contributed by atoms with E-state index in [2.05, 4.69) is 15.6 Å². The molecule has 1 aromatic rings. The quantitative estimate of drug-likeness (QED) is 0.898. The van der Waals surface area contributed by atoms with Crippen molar-refractivity contribution >= 4 is 5.91 Å². The third-order valence-corrected chi connectivity index (χ3v) is 4.84. The number of hydrogen-bond acceptors (Lipinski definition) is 4. The number of carbonyl (C=O) groups excluding carboxylic acids is 1. The highest BCUT2D eigenvalue weighted by atomic mass is 16.4. The van der Waals surface area contributed by atoms with Crippen molar-refractivity contribution in [2.24, 2.45) is 5.92 Å². The molecule has 1 aromatic heterocycles. The first-order valence-electron chi connectivity index (χ1n) is 8.12. The summed E-state index contributed by atoms with van der Waals surface area (Å²) in [6.07, 6.45) is 8.95. The van der Waals surface area contributed by atoms with Crippen molar-refractivity contribution < 1.29 is 9.21 Å². The fraction of sp³-hybridized carbons (Fsp3) is 0.750. The summed E-state index contributed by atoms with van der Waals surface area (Å²) >= 11 is 0. The highest BCUT2D eigenvalue weighted by Gasteiger charge is 2.34. The van der Waals surface area contributed by atoms with Crippen molar-refractivity contribution in [2.45, 2.75) is 70.5 Å². The van der Waals surface area contributed by atoms with Gasteiger partial charge in [-0.2, -0.15) is 0 Å². The standard InChI is InChI=1S/C16H25N3O2/c1-10-9-17-16(21-10)11(2)18-15(20)14-8-7-12-5-3-4-6-13(12)19-14/h9,11-14,19H,3-8H2,1-2H3,(H,18,20). The Morgan fingerprint density at radius 1 is 1.38 bits per heavy atom. The normalized spacial score (nSPS) is 30.5. The van der Waals surface area contributed by atoms with Gasteiger partial charge in [0.25, 0.3) is 0 Å². The first-order valence-corrected chi connectivity index (χ1v) is 8.12. The Morgan fingerprint density at radius 3 is 2.95 bits per heavy atom. The van der Waals surface area contributed by atoms with Crippen LogP contribution < -0.4 is 10.6 Å². The lowest BCUT2D eigenvalue weighted by atomic mass is 9.77. The Balaban J connectivity index is 1.55. The molecule has 0 bridgehead atoms. The number of aromatic nitrogens is 1. The lowest BCUT2D eigenvalue weighted by molar-refractivity contribution is -0.125. The molecule has 0 spiro atoms. The minimum Gasteiger partial charge on any atom is -0.444 e. The predicted octanol–water partition coefficient (Wildman–Crippen LogP) is 2.47. The minimum absolute atomic E-state index is 0.0668. The smallest absolute Gasteiger partial charge is 0.237 e. The Kier molecular flexibility index (Phi) is 4.29. The molecule has 0 radical (unpaired) electrons. The molecule has 2 heterocycles. The van der Waals surface area contributed by atoms with Crippen LogP contribution in [0.2, 0.25) is 0 Å². The van der Waals surface area contributed by atoms with Gasteiger partial charge in [-0.05, 0) is 45.4 Å². The molecule has 4 atom stereocenters. The third-order valence-electron chi connectivity index (χ3n) is 4.84. The number of oxazole rings is 1. The van der Waals surface area contributed by atoms with Crippen LogP contribution >= 0.6 is 0 Å². The topological polar surface area (TPSA) is 67.2 Å². The van der Waals surface area contributed by atoms with Crippen molar-refractivity contribution in [3.8, 4) is 0 Å². The van der Waals surface area contributed by atoms with Crippen molar-refractivity contribution in [3.05, 3.63) is 17.8 Å². The van der Waals surface area contributed by atoms with Gasteiger partial charge in [-0.1, -0.05) is 12.8 Å². The van der Waals surface area contributed by atoms with Crippen LogP contribution in [0.15, 0.2) is 10.6 Å². The number of hydrogen-bond donors (Lipinski definition) is 2. The van der Waals surface area contributed by atoms with Crippen LogP contribution in [0.4, 0.5) is 0 Å². The number of rotatable bonds is 3. The molecule has 1 amide bonds. The molecule has 2 fully saturated rings. The molecule has 5 heteroatoms. The van der Waals surface area contributed by atoms with E-state index in [0.717, 1.165) is 18.1 Å². The third kappa shape index (κ3) is 3.28. The van der Waals surface area contributed by atoms with Crippen LogP contribution in [0, 0.1) is 12.8 Å². The summed E-state index contributed by atoms with van der Waals surface area (Å²) < 4.78 is 5.47. The van der Waals surface area contributed by atoms with Gasteiger partial charge in [-0.15, -0.1) is 0 Å². The molecule has 5 nitrogen and oxygen atoms in total. The average Bonchev–Trinajstić information content (AvgIpc) is 2.93. The van der Waals surface area contributed by atoms with E-state index in [4.69, 9.17) is 4.42 Å². The second kappa shape index (κ2) is 6.18. The molecule has 0 aromatic carbocycles. The molecular weight excluding hydrogens is 266 g/mol. The van der Waals surface area contributed by atoms with Crippen molar-refractivity contribution in [1.82, 2.24) is 15.6 Å². The number of nitrogens with zero attached hydrogens (tertiary/aromatic N) is 1. The lowest BCUT2D eigenvalue weighted by Gasteiger charge is -2.40. The zero-order valence-corrected chi connectivity index (χ0v) is 12.9. The fourth-order valence-corrected chi connectivity index (χ4v) is 3.65. The zero-order chi connectivity index (χ0) is 14.8. The van der Waals surface area contributed by atoms with Crippen LogP contribution in [0.1, 0.15) is 63.1 Å². The van der Waals surface area contributed by atoms with Gasteiger partial charge in [0.15, 0.2) is 0 Å². The molecule has 3 rings (SSSR count). The van der Waals surface area contributed by atoms with Crippen LogP contribution in [0.3, 0.4) is 0 Å². The number of nitrogens with one attached hydrogen (secondary N) is 2. The van der Waals surface area contributed by atoms with E-state index in [1.54, 1.807) is 6.20 Å². The molecule has 1 saturated heterocycles. The number of aryl methyl sites for hydroxylation is 1. The summed E-state index contributed by atoms with van der Waals surface area (Å²) in [7, 11) is 0. The van der Waals surface area contributed by atoms with Crippen molar-refractivity contribution in [3.63, 3.8) is 0 Å². The van der Waals surface area contributed by atoms with Crippen molar-refractivity contribution in [2.75, 3.05) is 0 Å². The average molecular weight is 291 g/mol. The van der Waals surface area contributed by atoms with Crippen LogP contribution in [0.5, 0.6) is 0 Å². The molecule has 116 valence electrons. The fourth-order valence-electron chi connectivity index (χ4n) is 3.65. The SMILES string of the molecule is Cc1cnc(C(C)NC(=O)C2CCC3CCCCC3N2)o1. The monoisotopic (exact) mass is 291 g/mol. The maximum absolute atomic E-state index is 12.4.